The lowest BCUT2D eigenvalue weighted by molar-refractivity contribution is 0.0796. The van der Waals surface area contributed by atoms with E-state index in [1.54, 1.807) is 35.9 Å². The van der Waals surface area contributed by atoms with Gasteiger partial charge in [0, 0.05) is 49.6 Å². The van der Waals surface area contributed by atoms with Crippen LogP contribution in [0.4, 0.5) is 11.5 Å². The Kier molecular flexibility index (Phi) is 5.31. The number of rotatable bonds is 6. The second kappa shape index (κ2) is 8.01. The van der Waals surface area contributed by atoms with Gasteiger partial charge in [-0.2, -0.15) is 0 Å². The molecular weight excluding hydrogens is 314 g/mol. The zero-order valence-corrected chi connectivity index (χ0v) is 14.0. The van der Waals surface area contributed by atoms with Crippen LogP contribution < -0.4 is 5.32 Å². The molecular formula is C19H19N5O. The molecule has 1 amide bonds. The number of aromatic nitrogens is 3. The van der Waals surface area contributed by atoms with Crippen LogP contribution in [-0.4, -0.2) is 39.4 Å². The number of pyridine rings is 1. The van der Waals surface area contributed by atoms with Crippen LogP contribution in [0, 0.1) is 0 Å². The third kappa shape index (κ3) is 4.60. The maximum atomic E-state index is 12.6. The molecule has 1 aromatic carbocycles. The second-order valence-corrected chi connectivity index (χ2v) is 5.63. The fraction of sp³-hybridized carbons (Fsp3) is 0.158. The summed E-state index contributed by atoms with van der Waals surface area (Å²) in [5.74, 6) is 0.620. The highest BCUT2D eigenvalue weighted by Gasteiger charge is 2.12. The fourth-order valence-electron chi connectivity index (χ4n) is 2.41. The van der Waals surface area contributed by atoms with Crippen molar-refractivity contribution in [1.82, 2.24) is 19.9 Å². The van der Waals surface area contributed by atoms with Crippen molar-refractivity contribution in [3.05, 3.63) is 78.5 Å². The van der Waals surface area contributed by atoms with Crippen LogP contribution >= 0.6 is 0 Å². The summed E-state index contributed by atoms with van der Waals surface area (Å²) in [5, 5.41) is 3.14. The van der Waals surface area contributed by atoms with Crippen molar-refractivity contribution in [2.75, 3.05) is 18.9 Å². The third-order valence-electron chi connectivity index (χ3n) is 3.78. The standard InChI is InChI=1S/C19H19N5O/c1-24(12-7-15-5-8-20-9-6-15)19(25)16-3-2-4-17(13-16)23-18-14-21-10-11-22-18/h2-6,8-11,13-14H,7,12H2,1H3,(H,22,23). The number of carbonyl (C=O) groups excluding carboxylic acids is 1. The van der Waals surface area contributed by atoms with Gasteiger partial charge in [-0.25, -0.2) is 4.98 Å². The van der Waals surface area contributed by atoms with Crippen LogP contribution in [-0.2, 0) is 6.42 Å². The van der Waals surface area contributed by atoms with Crippen molar-refractivity contribution in [3.8, 4) is 0 Å². The number of nitrogens with zero attached hydrogens (tertiary/aromatic N) is 4. The highest BCUT2D eigenvalue weighted by Crippen LogP contribution is 2.16. The molecule has 25 heavy (non-hydrogen) atoms. The Hall–Kier alpha value is -3.28. The van der Waals surface area contributed by atoms with Crippen molar-refractivity contribution in [2.45, 2.75) is 6.42 Å². The molecule has 0 radical (unpaired) electrons. The van der Waals surface area contributed by atoms with Gasteiger partial charge < -0.3 is 10.2 Å². The van der Waals surface area contributed by atoms with E-state index in [1.165, 1.54) is 0 Å². The summed E-state index contributed by atoms with van der Waals surface area (Å²) in [6.45, 7) is 0.644. The van der Waals surface area contributed by atoms with Crippen LogP contribution in [0.1, 0.15) is 15.9 Å². The molecule has 0 aliphatic carbocycles. The Morgan fingerprint density at radius 3 is 2.68 bits per heavy atom. The average Bonchev–Trinajstić information content (AvgIpc) is 2.67. The largest absolute Gasteiger partial charge is 0.341 e. The van der Waals surface area contributed by atoms with Crippen molar-refractivity contribution in [2.24, 2.45) is 0 Å². The Morgan fingerprint density at radius 1 is 1.08 bits per heavy atom. The topological polar surface area (TPSA) is 71.0 Å². The molecule has 1 N–H and O–H groups in total. The predicted octanol–water partition coefficient (Wildman–Crippen LogP) is 2.93. The Morgan fingerprint density at radius 2 is 1.92 bits per heavy atom. The van der Waals surface area contributed by atoms with Crippen molar-refractivity contribution < 1.29 is 4.79 Å². The first-order valence-electron chi connectivity index (χ1n) is 8.00. The summed E-state index contributed by atoms with van der Waals surface area (Å²) >= 11 is 0. The van der Waals surface area contributed by atoms with Gasteiger partial charge in [-0.15, -0.1) is 0 Å². The van der Waals surface area contributed by atoms with Gasteiger partial charge >= 0.3 is 0 Å². The zero-order valence-electron chi connectivity index (χ0n) is 14.0. The summed E-state index contributed by atoms with van der Waals surface area (Å²) in [6, 6.07) is 11.3. The fourth-order valence-corrected chi connectivity index (χ4v) is 2.41. The van der Waals surface area contributed by atoms with E-state index < -0.39 is 0 Å². The lowest BCUT2D eigenvalue weighted by Gasteiger charge is -2.17. The van der Waals surface area contributed by atoms with E-state index in [-0.39, 0.29) is 5.91 Å². The van der Waals surface area contributed by atoms with Gasteiger partial charge in [-0.1, -0.05) is 6.07 Å². The van der Waals surface area contributed by atoms with E-state index in [1.807, 2.05) is 43.4 Å². The van der Waals surface area contributed by atoms with Crippen LogP contribution in [0.15, 0.2) is 67.4 Å². The molecule has 6 heteroatoms. The molecule has 2 heterocycles. The minimum absolute atomic E-state index is 0.0168. The van der Waals surface area contributed by atoms with Crippen molar-refractivity contribution in [1.29, 1.82) is 0 Å². The van der Waals surface area contributed by atoms with Gasteiger partial charge in [-0.05, 0) is 42.3 Å². The van der Waals surface area contributed by atoms with Crippen LogP contribution in [0.2, 0.25) is 0 Å². The predicted molar refractivity (Wildman–Crippen MR) is 96.7 cm³/mol. The molecule has 0 saturated carbocycles. The lowest BCUT2D eigenvalue weighted by Crippen LogP contribution is -2.28. The molecule has 0 aliphatic heterocycles. The number of amides is 1. The highest BCUT2D eigenvalue weighted by molar-refractivity contribution is 5.95. The van der Waals surface area contributed by atoms with Crippen molar-refractivity contribution >= 4 is 17.4 Å². The average molecular weight is 333 g/mol. The third-order valence-corrected chi connectivity index (χ3v) is 3.78. The first kappa shape index (κ1) is 16.6. The number of anilines is 2. The molecule has 0 fully saturated rings. The molecule has 3 aromatic rings. The van der Waals surface area contributed by atoms with E-state index in [2.05, 4.69) is 20.3 Å². The van der Waals surface area contributed by atoms with Crippen molar-refractivity contribution in [3.63, 3.8) is 0 Å². The molecule has 0 unspecified atom stereocenters. The molecule has 2 aromatic heterocycles. The second-order valence-electron chi connectivity index (χ2n) is 5.63. The molecule has 0 bridgehead atoms. The van der Waals surface area contributed by atoms with E-state index in [0.717, 1.165) is 17.7 Å². The summed E-state index contributed by atoms with van der Waals surface area (Å²) < 4.78 is 0. The number of hydrogen-bond donors (Lipinski definition) is 1. The lowest BCUT2D eigenvalue weighted by atomic mass is 10.1. The normalized spacial score (nSPS) is 10.3. The first-order chi connectivity index (χ1) is 12.2. The molecule has 0 aliphatic rings. The summed E-state index contributed by atoms with van der Waals surface area (Å²) in [4.78, 5) is 26.5. The van der Waals surface area contributed by atoms with Crippen LogP contribution in [0.5, 0.6) is 0 Å². The number of carbonyl (C=O) groups is 1. The molecule has 0 saturated heterocycles. The maximum Gasteiger partial charge on any atom is 0.253 e. The highest BCUT2D eigenvalue weighted by atomic mass is 16.2. The monoisotopic (exact) mass is 333 g/mol. The van der Waals surface area contributed by atoms with Gasteiger partial charge in [0.1, 0.15) is 5.82 Å². The summed E-state index contributed by atoms with van der Waals surface area (Å²) in [5.41, 5.74) is 2.59. The molecule has 0 atom stereocenters. The SMILES string of the molecule is CN(CCc1ccncc1)C(=O)c1cccc(Nc2cnccn2)c1. The Labute approximate surface area is 146 Å². The molecule has 3 rings (SSSR count). The molecule has 0 spiro atoms. The van der Waals surface area contributed by atoms with Crippen LogP contribution in [0.3, 0.4) is 0 Å². The minimum atomic E-state index is -0.0168. The van der Waals surface area contributed by atoms with Crippen LogP contribution in [0.25, 0.3) is 0 Å². The summed E-state index contributed by atoms with van der Waals surface area (Å²) in [7, 11) is 1.81. The van der Waals surface area contributed by atoms with E-state index in [4.69, 9.17) is 0 Å². The zero-order chi connectivity index (χ0) is 17.5. The van der Waals surface area contributed by atoms with E-state index >= 15 is 0 Å². The quantitative estimate of drug-likeness (QED) is 0.751. The maximum absolute atomic E-state index is 12.6. The first-order valence-corrected chi connectivity index (χ1v) is 8.00. The van der Waals surface area contributed by atoms with Gasteiger partial charge in [0.2, 0.25) is 0 Å². The van der Waals surface area contributed by atoms with E-state index in [0.29, 0.717) is 17.9 Å². The smallest absolute Gasteiger partial charge is 0.253 e. The minimum Gasteiger partial charge on any atom is -0.341 e. The van der Waals surface area contributed by atoms with Gasteiger partial charge in [0.05, 0.1) is 6.20 Å². The molecule has 6 nitrogen and oxygen atoms in total. The molecule has 126 valence electrons. The van der Waals surface area contributed by atoms with Gasteiger partial charge in [-0.3, -0.25) is 14.8 Å². The number of benzene rings is 1. The van der Waals surface area contributed by atoms with Gasteiger partial charge in [0.15, 0.2) is 0 Å². The van der Waals surface area contributed by atoms with E-state index in [9.17, 15) is 4.79 Å². The Bertz CT molecular complexity index is 823. The van der Waals surface area contributed by atoms with Gasteiger partial charge in [0.25, 0.3) is 5.91 Å². The number of likely N-dealkylation sites (N-methyl/N-ethyl adjacent to an activating group) is 1. The number of nitrogens with one attached hydrogen (secondary N) is 1. The Balaban J connectivity index is 1.64. The number of hydrogen-bond acceptors (Lipinski definition) is 5. The summed E-state index contributed by atoms with van der Waals surface area (Å²) in [6.07, 6.45) is 9.18.